The molecule has 0 unspecified atom stereocenters. The molecule has 20 heavy (non-hydrogen) atoms. The Morgan fingerprint density at radius 3 is 2.75 bits per heavy atom. The molecule has 2 rings (SSSR count). The van der Waals surface area contributed by atoms with E-state index in [1.54, 1.807) is 18.3 Å². The maximum absolute atomic E-state index is 13.6. The molecule has 0 aliphatic carbocycles. The third kappa shape index (κ3) is 3.66. The molecule has 0 radical (unpaired) electrons. The summed E-state index contributed by atoms with van der Waals surface area (Å²) in [4.78, 5) is 8.61. The van der Waals surface area contributed by atoms with Gasteiger partial charge in [0.25, 0.3) is 0 Å². The summed E-state index contributed by atoms with van der Waals surface area (Å²) >= 11 is 0. The number of rotatable bonds is 6. The van der Waals surface area contributed by atoms with Crippen LogP contribution in [0.15, 0.2) is 30.5 Å². The zero-order valence-corrected chi connectivity index (χ0v) is 11.8. The van der Waals surface area contributed by atoms with Crippen LogP contribution in [0, 0.1) is 12.7 Å². The van der Waals surface area contributed by atoms with Crippen molar-refractivity contribution in [1.82, 2.24) is 9.97 Å². The van der Waals surface area contributed by atoms with Gasteiger partial charge in [0.05, 0.1) is 0 Å². The van der Waals surface area contributed by atoms with E-state index in [0.29, 0.717) is 18.1 Å². The Morgan fingerprint density at radius 2 is 2.00 bits per heavy atom. The predicted molar refractivity (Wildman–Crippen MR) is 79.3 cm³/mol. The minimum atomic E-state index is -0.212. The summed E-state index contributed by atoms with van der Waals surface area (Å²) in [5, 5.41) is 6.29. The minimum absolute atomic E-state index is 0.212. The highest BCUT2D eigenvalue weighted by Crippen LogP contribution is 2.15. The van der Waals surface area contributed by atoms with Crippen LogP contribution in [0.25, 0.3) is 0 Å². The van der Waals surface area contributed by atoms with Gasteiger partial charge in [-0.15, -0.1) is 0 Å². The molecule has 0 atom stereocenters. The van der Waals surface area contributed by atoms with Crippen molar-refractivity contribution in [2.75, 3.05) is 17.2 Å². The SMILES string of the molecule is CCCNc1ncc(C)c(NCc2ccccc2F)n1. The van der Waals surface area contributed by atoms with Crippen molar-refractivity contribution in [3.8, 4) is 0 Å². The predicted octanol–water partition coefficient (Wildman–Crippen LogP) is 3.36. The van der Waals surface area contributed by atoms with Crippen molar-refractivity contribution in [2.24, 2.45) is 0 Å². The van der Waals surface area contributed by atoms with Crippen molar-refractivity contribution in [3.05, 3.63) is 47.4 Å². The van der Waals surface area contributed by atoms with Gasteiger partial charge >= 0.3 is 0 Å². The number of aromatic nitrogens is 2. The van der Waals surface area contributed by atoms with E-state index < -0.39 is 0 Å². The number of halogens is 1. The summed E-state index contributed by atoms with van der Waals surface area (Å²) in [6, 6.07) is 6.72. The molecule has 1 aromatic heterocycles. The van der Waals surface area contributed by atoms with Gasteiger partial charge in [-0.05, 0) is 19.4 Å². The molecule has 2 N–H and O–H groups in total. The zero-order chi connectivity index (χ0) is 14.4. The van der Waals surface area contributed by atoms with E-state index >= 15 is 0 Å². The fourth-order valence-corrected chi connectivity index (χ4v) is 1.76. The standard InChI is InChI=1S/C15H19FN4/c1-3-8-17-15-19-9-11(2)14(20-15)18-10-12-6-4-5-7-13(12)16/h4-7,9H,3,8,10H2,1-2H3,(H2,17,18,19,20). The second-order valence-electron chi connectivity index (χ2n) is 4.60. The molecule has 5 heteroatoms. The first-order valence-electron chi connectivity index (χ1n) is 6.75. The quantitative estimate of drug-likeness (QED) is 0.848. The summed E-state index contributed by atoms with van der Waals surface area (Å²) in [6.07, 6.45) is 2.77. The summed E-state index contributed by atoms with van der Waals surface area (Å²) in [6.45, 7) is 5.24. The molecule has 0 aliphatic heterocycles. The molecule has 0 aliphatic rings. The zero-order valence-electron chi connectivity index (χ0n) is 11.8. The molecule has 4 nitrogen and oxygen atoms in total. The van der Waals surface area contributed by atoms with E-state index in [9.17, 15) is 4.39 Å². The van der Waals surface area contributed by atoms with Crippen LogP contribution in [0.2, 0.25) is 0 Å². The van der Waals surface area contributed by atoms with E-state index in [1.165, 1.54) is 6.07 Å². The smallest absolute Gasteiger partial charge is 0.224 e. The van der Waals surface area contributed by atoms with E-state index in [2.05, 4.69) is 27.5 Å². The van der Waals surface area contributed by atoms with Gasteiger partial charge < -0.3 is 10.6 Å². The summed E-state index contributed by atoms with van der Waals surface area (Å²) in [7, 11) is 0. The second kappa shape index (κ2) is 6.84. The van der Waals surface area contributed by atoms with E-state index in [4.69, 9.17) is 0 Å². The van der Waals surface area contributed by atoms with Gasteiger partial charge in [0.15, 0.2) is 0 Å². The maximum Gasteiger partial charge on any atom is 0.224 e. The van der Waals surface area contributed by atoms with Crippen molar-refractivity contribution in [1.29, 1.82) is 0 Å². The first-order valence-corrected chi connectivity index (χ1v) is 6.75. The van der Waals surface area contributed by atoms with Crippen molar-refractivity contribution >= 4 is 11.8 Å². The highest BCUT2D eigenvalue weighted by molar-refractivity contribution is 5.46. The van der Waals surface area contributed by atoms with Gasteiger partial charge in [-0.1, -0.05) is 25.1 Å². The van der Waals surface area contributed by atoms with Crippen LogP contribution in [0.5, 0.6) is 0 Å². The topological polar surface area (TPSA) is 49.8 Å². The molecule has 0 saturated heterocycles. The lowest BCUT2D eigenvalue weighted by Crippen LogP contribution is -2.09. The molecule has 1 heterocycles. The Bertz CT molecular complexity index is 572. The number of aryl methyl sites for hydroxylation is 1. The molecule has 0 bridgehead atoms. The van der Waals surface area contributed by atoms with Crippen molar-refractivity contribution in [2.45, 2.75) is 26.8 Å². The van der Waals surface area contributed by atoms with Crippen LogP contribution < -0.4 is 10.6 Å². The van der Waals surface area contributed by atoms with Gasteiger partial charge in [-0.2, -0.15) is 4.98 Å². The highest BCUT2D eigenvalue weighted by atomic mass is 19.1. The van der Waals surface area contributed by atoms with Crippen LogP contribution in [0.1, 0.15) is 24.5 Å². The minimum Gasteiger partial charge on any atom is -0.365 e. The Labute approximate surface area is 118 Å². The maximum atomic E-state index is 13.6. The Hall–Kier alpha value is -2.17. The lowest BCUT2D eigenvalue weighted by atomic mass is 10.2. The van der Waals surface area contributed by atoms with Gasteiger partial charge in [-0.25, -0.2) is 9.37 Å². The number of nitrogens with one attached hydrogen (secondary N) is 2. The molecule has 106 valence electrons. The normalized spacial score (nSPS) is 10.3. The second-order valence-corrected chi connectivity index (χ2v) is 4.60. The van der Waals surface area contributed by atoms with E-state index in [-0.39, 0.29) is 5.82 Å². The van der Waals surface area contributed by atoms with E-state index in [0.717, 1.165) is 24.3 Å². The fourth-order valence-electron chi connectivity index (χ4n) is 1.76. The average molecular weight is 274 g/mol. The Balaban J connectivity index is 2.07. The Kier molecular flexibility index (Phi) is 4.87. The highest BCUT2D eigenvalue weighted by Gasteiger charge is 2.05. The van der Waals surface area contributed by atoms with Crippen molar-refractivity contribution in [3.63, 3.8) is 0 Å². The molecule has 0 spiro atoms. The summed E-state index contributed by atoms with van der Waals surface area (Å²) < 4.78 is 13.6. The molecule has 0 saturated carbocycles. The number of anilines is 2. The van der Waals surface area contributed by atoms with Crippen LogP contribution in [-0.2, 0) is 6.54 Å². The van der Waals surface area contributed by atoms with Gasteiger partial charge in [-0.3, -0.25) is 0 Å². The molecule has 1 aromatic carbocycles. The average Bonchev–Trinajstić information content (AvgIpc) is 2.46. The fraction of sp³-hybridized carbons (Fsp3) is 0.333. The lowest BCUT2D eigenvalue weighted by molar-refractivity contribution is 0.613. The molecule has 0 fully saturated rings. The number of benzene rings is 1. The third-order valence-electron chi connectivity index (χ3n) is 2.91. The van der Waals surface area contributed by atoms with Crippen molar-refractivity contribution < 1.29 is 4.39 Å². The van der Waals surface area contributed by atoms with Gasteiger partial charge in [0.1, 0.15) is 11.6 Å². The number of hydrogen-bond acceptors (Lipinski definition) is 4. The van der Waals surface area contributed by atoms with Crippen LogP contribution in [0.3, 0.4) is 0 Å². The Morgan fingerprint density at radius 1 is 1.20 bits per heavy atom. The summed E-state index contributed by atoms with van der Waals surface area (Å²) in [5.41, 5.74) is 1.55. The largest absolute Gasteiger partial charge is 0.365 e. The molecular formula is C15H19FN4. The molecule has 2 aromatic rings. The molecular weight excluding hydrogens is 255 g/mol. The van der Waals surface area contributed by atoms with Crippen LogP contribution in [0.4, 0.5) is 16.2 Å². The lowest BCUT2D eigenvalue weighted by Gasteiger charge is -2.11. The monoisotopic (exact) mass is 274 g/mol. The van der Waals surface area contributed by atoms with Crippen LogP contribution >= 0.6 is 0 Å². The number of nitrogens with zero attached hydrogens (tertiary/aromatic N) is 2. The number of hydrogen-bond donors (Lipinski definition) is 2. The summed E-state index contributed by atoms with van der Waals surface area (Å²) in [5.74, 6) is 1.10. The first kappa shape index (κ1) is 14.2. The first-order chi connectivity index (χ1) is 9.70. The molecule has 0 amide bonds. The third-order valence-corrected chi connectivity index (χ3v) is 2.91. The van der Waals surface area contributed by atoms with Gasteiger partial charge in [0, 0.05) is 30.4 Å². The van der Waals surface area contributed by atoms with E-state index in [1.807, 2.05) is 13.0 Å². The van der Waals surface area contributed by atoms with Crippen LogP contribution in [-0.4, -0.2) is 16.5 Å². The van der Waals surface area contributed by atoms with Gasteiger partial charge in [0.2, 0.25) is 5.95 Å².